The Kier molecular flexibility index (Phi) is 3.53. The molecule has 2 fully saturated rings. The van der Waals surface area contributed by atoms with Crippen LogP contribution in [-0.2, 0) is 0 Å². The fraction of sp³-hybridized carbons (Fsp3) is 0.412. The van der Waals surface area contributed by atoms with Gasteiger partial charge in [-0.1, -0.05) is 12.1 Å². The van der Waals surface area contributed by atoms with Crippen molar-refractivity contribution in [3.63, 3.8) is 0 Å². The van der Waals surface area contributed by atoms with E-state index in [-0.39, 0.29) is 12.1 Å². The van der Waals surface area contributed by atoms with Gasteiger partial charge in [0.15, 0.2) is 0 Å². The van der Waals surface area contributed by atoms with Gasteiger partial charge in [0.1, 0.15) is 5.75 Å². The molecule has 2 unspecified atom stereocenters. The molecule has 1 aromatic carbocycles. The molecule has 1 N–H and O–H groups in total. The fourth-order valence-electron chi connectivity index (χ4n) is 3.54. The van der Waals surface area contributed by atoms with Crippen molar-refractivity contribution < 1.29 is 9.53 Å². The number of carbonyl (C=O) groups excluding carboxylic acids is 1. The summed E-state index contributed by atoms with van der Waals surface area (Å²) in [6, 6.07) is 7.82. The van der Waals surface area contributed by atoms with Gasteiger partial charge in [0.2, 0.25) is 0 Å². The number of hydrogen-bond donors (Lipinski definition) is 1. The predicted molar refractivity (Wildman–Crippen MR) is 86.5 cm³/mol. The van der Waals surface area contributed by atoms with Gasteiger partial charge in [-0.25, -0.2) is 4.79 Å². The number of piperidine rings is 1. The Morgan fingerprint density at radius 2 is 2.09 bits per heavy atom. The van der Waals surface area contributed by atoms with Crippen molar-refractivity contribution in [3.05, 3.63) is 36.7 Å². The number of nitrogens with one attached hydrogen (secondary N) is 1. The van der Waals surface area contributed by atoms with E-state index in [1.54, 1.807) is 19.5 Å². The number of nitrogens with zero attached hydrogens (tertiary/aromatic N) is 3. The second-order valence-electron chi connectivity index (χ2n) is 6.27. The number of fused-ring (bicyclic) bond motifs is 2. The van der Waals surface area contributed by atoms with Gasteiger partial charge in [-0.15, -0.1) is 0 Å². The first kappa shape index (κ1) is 14.3. The van der Waals surface area contributed by atoms with Crippen molar-refractivity contribution in [1.29, 1.82) is 0 Å². The quantitative estimate of drug-likeness (QED) is 0.939. The Hall–Kier alpha value is -2.34. The standard InChI is InChI=1S/C17H20N4O2/c1-23-15-4-2-12(3-5-15)14-8-18-21(10-14)17(22)19-16-11-20-7-6-13(16)9-20/h2-5,8,10,13,16H,6-7,9,11H2,1H3,(H,19,22)/t13-,16?/m0/s1. The lowest BCUT2D eigenvalue weighted by Gasteiger charge is -2.22. The highest BCUT2D eigenvalue weighted by atomic mass is 16.5. The molecule has 2 bridgehead atoms. The number of ether oxygens (including phenoxy) is 1. The second kappa shape index (κ2) is 5.70. The van der Waals surface area contributed by atoms with Crippen molar-refractivity contribution in [2.24, 2.45) is 5.92 Å². The minimum absolute atomic E-state index is 0.150. The van der Waals surface area contributed by atoms with E-state index < -0.39 is 0 Å². The number of methoxy groups -OCH3 is 1. The van der Waals surface area contributed by atoms with Crippen LogP contribution in [0.4, 0.5) is 4.79 Å². The number of carbonyl (C=O) groups is 1. The van der Waals surface area contributed by atoms with Crippen molar-refractivity contribution in [2.75, 3.05) is 26.7 Å². The van der Waals surface area contributed by atoms with Crippen molar-refractivity contribution in [2.45, 2.75) is 12.5 Å². The summed E-state index contributed by atoms with van der Waals surface area (Å²) in [5.41, 5.74) is 1.93. The maximum atomic E-state index is 12.4. The molecule has 120 valence electrons. The van der Waals surface area contributed by atoms with Crippen LogP contribution in [0.1, 0.15) is 6.42 Å². The van der Waals surface area contributed by atoms with Gasteiger partial charge in [0.05, 0.1) is 13.3 Å². The minimum atomic E-state index is -0.150. The maximum absolute atomic E-state index is 12.4. The molecule has 1 aromatic heterocycles. The van der Waals surface area contributed by atoms with Crippen LogP contribution in [0.2, 0.25) is 0 Å². The highest BCUT2D eigenvalue weighted by Crippen LogP contribution is 2.28. The van der Waals surface area contributed by atoms with Crippen LogP contribution in [0.5, 0.6) is 5.75 Å². The van der Waals surface area contributed by atoms with E-state index in [0.29, 0.717) is 5.92 Å². The van der Waals surface area contributed by atoms with Gasteiger partial charge in [0, 0.05) is 30.9 Å². The molecule has 4 rings (SSSR count). The summed E-state index contributed by atoms with van der Waals surface area (Å²) in [7, 11) is 1.64. The molecule has 2 aliphatic heterocycles. The summed E-state index contributed by atoms with van der Waals surface area (Å²) in [5.74, 6) is 1.40. The van der Waals surface area contributed by atoms with Gasteiger partial charge in [-0.3, -0.25) is 0 Å². The molecular weight excluding hydrogens is 292 g/mol. The van der Waals surface area contributed by atoms with E-state index in [9.17, 15) is 4.79 Å². The highest BCUT2D eigenvalue weighted by molar-refractivity contribution is 5.78. The summed E-state index contributed by atoms with van der Waals surface area (Å²) in [6.07, 6.45) is 4.66. The topological polar surface area (TPSA) is 59.4 Å². The molecule has 0 saturated carbocycles. The number of hydrogen-bond acceptors (Lipinski definition) is 4. The predicted octanol–water partition coefficient (Wildman–Crippen LogP) is 1.82. The summed E-state index contributed by atoms with van der Waals surface area (Å²) in [6.45, 7) is 3.24. The third-order valence-electron chi connectivity index (χ3n) is 4.86. The summed E-state index contributed by atoms with van der Waals surface area (Å²) in [5, 5.41) is 7.31. The largest absolute Gasteiger partial charge is 0.497 e. The highest BCUT2D eigenvalue weighted by Gasteiger charge is 2.38. The third kappa shape index (κ3) is 2.70. The SMILES string of the molecule is COc1ccc(-c2cnn(C(=O)NC3CN4CC[C@H]3C4)c2)cc1. The average Bonchev–Trinajstić information content (AvgIpc) is 3.31. The Labute approximate surface area is 135 Å². The molecule has 0 aliphatic carbocycles. The van der Waals surface area contributed by atoms with E-state index in [1.807, 2.05) is 24.3 Å². The summed E-state index contributed by atoms with van der Waals surface area (Å²) in [4.78, 5) is 14.8. The van der Waals surface area contributed by atoms with E-state index in [4.69, 9.17) is 4.74 Å². The van der Waals surface area contributed by atoms with Crippen molar-refractivity contribution in [1.82, 2.24) is 20.0 Å². The van der Waals surface area contributed by atoms with Crippen LogP contribution in [0.3, 0.4) is 0 Å². The van der Waals surface area contributed by atoms with Gasteiger partial charge in [0.25, 0.3) is 0 Å². The first-order valence-electron chi connectivity index (χ1n) is 7.95. The molecule has 2 aliphatic rings. The monoisotopic (exact) mass is 312 g/mol. The zero-order valence-corrected chi connectivity index (χ0v) is 13.1. The zero-order valence-electron chi connectivity index (χ0n) is 13.1. The van der Waals surface area contributed by atoms with Gasteiger partial charge in [-0.2, -0.15) is 9.78 Å². The van der Waals surface area contributed by atoms with E-state index in [1.165, 1.54) is 17.6 Å². The van der Waals surface area contributed by atoms with Crippen LogP contribution < -0.4 is 10.1 Å². The molecule has 2 aromatic rings. The lowest BCUT2D eigenvalue weighted by Crippen LogP contribution is -2.45. The molecule has 0 spiro atoms. The molecular formula is C17H20N4O2. The first-order chi connectivity index (χ1) is 11.2. The smallest absolute Gasteiger partial charge is 0.342 e. The van der Waals surface area contributed by atoms with E-state index >= 15 is 0 Å². The first-order valence-corrected chi connectivity index (χ1v) is 7.95. The Morgan fingerprint density at radius 1 is 1.26 bits per heavy atom. The fourth-order valence-corrected chi connectivity index (χ4v) is 3.54. The summed E-state index contributed by atoms with van der Waals surface area (Å²) >= 11 is 0. The third-order valence-corrected chi connectivity index (χ3v) is 4.86. The molecule has 23 heavy (non-hydrogen) atoms. The molecule has 3 heterocycles. The van der Waals surface area contributed by atoms with Crippen LogP contribution >= 0.6 is 0 Å². The van der Waals surface area contributed by atoms with Crippen LogP contribution in [0, 0.1) is 5.92 Å². The van der Waals surface area contributed by atoms with Crippen LogP contribution in [0.15, 0.2) is 36.7 Å². The van der Waals surface area contributed by atoms with Crippen molar-refractivity contribution >= 4 is 6.03 Å². The van der Waals surface area contributed by atoms with Gasteiger partial charge >= 0.3 is 6.03 Å². The molecule has 6 heteroatoms. The van der Waals surface area contributed by atoms with Gasteiger partial charge < -0.3 is 15.0 Å². The number of benzene rings is 1. The van der Waals surface area contributed by atoms with Crippen LogP contribution in [-0.4, -0.2) is 53.5 Å². The lowest BCUT2D eigenvalue weighted by atomic mass is 10.0. The molecule has 2 saturated heterocycles. The Balaban J connectivity index is 1.45. The molecule has 1 amide bonds. The van der Waals surface area contributed by atoms with Crippen molar-refractivity contribution in [3.8, 4) is 16.9 Å². The Bertz CT molecular complexity index is 710. The Morgan fingerprint density at radius 3 is 2.74 bits per heavy atom. The summed E-state index contributed by atoms with van der Waals surface area (Å²) < 4.78 is 6.55. The minimum Gasteiger partial charge on any atom is -0.497 e. The lowest BCUT2D eigenvalue weighted by molar-refractivity contribution is 0.228. The number of rotatable bonds is 3. The normalized spacial score (nSPS) is 25.5. The second-order valence-corrected chi connectivity index (χ2v) is 6.27. The maximum Gasteiger partial charge on any atom is 0.342 e. The average molecular weight is 312 g/mol. The molecule has 6 nitrogen and oxygen atoms in total. The van der Waals surface area contributed by atoms with E-state index in [0.717, 1.165) is 30.0 Å². The number of aromatic nitrogens is 2. The molecule has 0 radical (unpaired) electrons. The number of amides is 1. The van der Waals surface area contributed by atoms with Crippen LogP contribution in [0.25, 0.3) is 11.1 Å². The van der Waals surface area contributed by atoms with E-state index in [2.05, 4.69) is 15.3 Å². The molecule has 3 atom stereocenters. The zero-order chi connectivity index (χ0) is 15.8. The van der Waals surface area contributed by atoms with Gasteiger partial charge in [-0.05, 0) is 36.6 Å².